The highest BCUT2D eigenvalue weighted by atomic mass is 32.1. The summed E-state index contributed by atoms with van der Waals surface area (Å²) >= 11 is 1.78. The molecule has 0 aliphatic carbocycles. The Morgan fingerprint density at radius 2 is 1.95 bits per heavy atom. The molecular weight excluding hydrogens is 280 g/mol. The molecule has 2 rings (SSSR count). The molecule has 3 nitrogen and oxygen atoms in total. The van der Waals surface area contributed by atoms with Crippen LogP contribution in [0.5, 0.6) is 5.75 Å². The van der Waals surface area contributed by atoms with Crippen molar-refractivity contribution in [3.63, 3.8) is 0 Å². The quantitative estimate of drug-likeness (QED) is 0.845. The molecule has 0 aliphatic heterocycles. The fraction of sp³-hybridized carbons (Fsp3) is 0.471. The van der Waals surface area contributed by atoms with Crippen LogP contribution in [-0.4, -0.2) is 24.7 Å². The van der Waals surface area contributed by atoms with Crippen molar-refractivity contribution in [2.24, 2.45) is 0 Å². The number of aromatic nitrogens is 1. The smallest absolute Gasteiger partial charge is 0.118 e. The summed E-state index contributed by atoms with van der Waals surface area (Å²) in [6.45, 7) is 7.56. The molecule has 21 heavy (non-hydrogen) atoms. The van der Waals surface area contributed by atoms with Gasteiger partial charge in [0.1, 0.15) is 5.75 Å². The number of benzene rings is 1. The van der Waals surface area contributed by atoms with Crippen molar-refractivity contribution in [3.05, 3.63) is 45.9 Å². The van der Waals surface area contributed by atoms with Gasteiger partial charge in [-0.1, -0.05) is 19.1 Å². The third-order valence-electron chi connectivity index (χ3n) is 3.87. The molecule has 0 unspecified atom stereocenters. The third-order valence-corrected chi connectivity index (χ3v) is 4.84. The summed E-state index contributed by atoms with van der Waals surface area (Å²) in [7, 11) is 1.70. The van der Waals surface area contributed by atoms with Gasteiger partial charge >= 0.3 is 0 Å². The van der Waals surface area contributed by atoms with Gasteiger partial charge in [-0.3, -0.25) is 0 Å². The van der Waals surface area contributed by atoms with Crippen molar-refractivity contribution in [1.29, 1.82) is 0 Å². The molecule has 2 atom stereocenters. The lowest BCUT2D eigenvalue weighted by molar-refractivity contribution is 0.414. The topological polar surface area (TPSA) is 34.1 Å². The molecule has 114 valence electrons. The summed E-state index contributed by atoms with van der Waals surface area (Å²) in [5, 5.41) is 4.81. The van der Waals surface area contributed by atoms with E-state index in [-0.39, 0.29) is 0 Å². The number of aryl methyl sites for hydroxylation is 1. The van der Waals surface area contributed by atoms with Gasteiger partial charge in [0, 0.05) is 30.1 Å². The van der Waals surface area contributed by atoms with E-state index in [4.69, 9.17) is 4.74 Å². The molecule has 1 aromatic carbocycles. The van der Waals surface area contributed by atoms with Crippen LogP contribution in [0.15, 0.2) is 30.5 Å². The molecule has 0 fully saturated rings. The molecule has 1 aromatic heterocycles. The number of thiazole rings is 1. The van der Waals surface area contributed by atoms with Crippen LogP contribution >= 0.6 is 11.3 Å². The number of methoxy groups -OCH3 is 1. The summed E-state index contributed by atoms with van der Waals surface area (Å²) in [6.07, 6.45) is 2.95. The molecule has 0 spiro atoms. The first-order valence-corrected chi connectivity index (χ1v) is 8.20. The van der Waals surface area contributed by atoms with E-state index in [1.54, 1.807) is 18.4 Å². The van der Waals surface area contributed by atoms with Gasteiger partial charge in [-0.05, 0) is 37.5 Å². The van der Waals surface area contributed by atoms with E-state index < -0.39 is 0 Å². The van der Waals surface area contributed by atoms with E-state index in [1.807, 2.05) is 18.3 Å². The first-order chi connectivity index (χ1) is 10.1. The summed E-state index contributed by atoms with van der Waals surface area (Å²) in [6, 6.07) is 8.77. The summed E-state index contributed by atoms with van der Waals surface area (Å²) < 4.78 is 5.20. The number of ether oxygens (including phenoxy) is 1. The molecular formula is C17H24N2OS. The van der Waals surface area contributed by atoms with Gasteiger partial charge in [0.25, 0.3) is 0 Å². The normalized spacial score (nSPS) is 13.9. The second-order valence-electron chi connectivity index (χ2n) is 5.42. The van der Waals surface area contributed by atoms with E-state index >= 15 is 0 Å². The fourth-order valence-corrected chi connectivity index (χ4v) is 3.08. The summed E-state index contributed by atoms with van der Waals surface area (Å²) in [5.74, 6) is 1.37. The summed E-state index contributed by atoms with van der Waals surface area (Å²) in [4.78, 5) is 5.68. The summed E-state index contributed by atoms with van der Waals surface area (Å²) in [5.41, 5.74) is 1.33. The van der Waals surface area contributed by atoms with Crippen LogP contribution in [0.4, 0.5) is 0 Å². The maximum atomic E-state index is 5.20. The minimum absolute atomic E-state index is 0.430. The minimum atomic E-state index is 0.430. The Kier molecular flexibility index (Phi) is 5.76. The second kappa shape index (κ2) is 7.57. The Morgan fingerprint density at radius 3 is 2.52 bits per heavy atom. The maximum absolute atomic E-state index is 5.20. The van der Waals surface area contributed by atoms with E-state index in [2.05, 4.69) is 43.2 Å². The number of hydrogen-bond donors (Lipinski definition) is 1. The maximum Gasteiger partial charge on any atom is 0.118 e. The average molecular weight is 304 g/mol. The van der Waals surface area contributed by atoms with Crippen molar-refractivity contribution >= 4 is 11.3 Å². The number of nitrogens with zero attached hydrogens (tertiary/aromatic N) is 1. The molecule has 0 saturated carbocycles. The Hall–Kier alpha value is -1.39. The Balaban J connectivity index is 1.82. The van der Waals surface area contributed by atoms with Crippen molar-refractivity contribution in [2.75, 3.05) is 13.7 Å². The van der Waals surface area contributed by atoms with Crippen LogP contribution in [0.25, 0.3) is 0 Å². The molecule has 2 aromatic rings. The molecule has 0 bridgehead atoms. The van der Waals surface area contributed by atoms with Crippen LogP contribution in [-0.2, 0) is 6.42 Å². The number of nitrogens with one attached hydrogen (secondary N) is 1. The zero-order valence-electron chi connectivity index (χ0n) is 13.2. The molecule has 1 heterocycles. The average Bonchev–Trinajstić information content (AvgIpc) is 2.92. The van der Waals surface area contributed by atoms with Gasteiger partial charge in [0.05, 0.1) is 12.1 Å². The van der Waals surface area contributed by atoms with Gasteiger partial charge in [0.2, 0.25) is 0 Å². The largest absolute Gasteiger partial charge is 0.497 e. The Bertz CT molecular complexity index is 550. The van der Waals surface area contributed by atoms with Gasteiger partial charge in [0.15, 0.2) is 0 Å². The lowest BCUT2D eigenvalue weighted by atomic mass is 9.94. The molecule has 1 N–H and O–H groups in total. The van der Waals surface area contributed by atoms with Crippen molar-refractivity contribution in [1.82, 2.24) is 10.3 Å². The molecule has 4 heteroatoms. The highest BCUT2D eigenvalue weighted by molar-refractivity contribution is 7.11. The molecule has 0 radical (unpaired) electrons. The molecule has 0 saturated heterocycles. The first-order valence-electron chi connectivity index (χ1n) is 7.38. The third kappa shape index (κ3) is 4.55. The van der Waals surface area contributed by atoms with Crippen LogP contribution in [0.1, 0.15) is 35.2 Å². The predicted octanol–water partition coefficient (Wildman–Crippen LogP) is 3.78. The van der Waals surface area contributed by atoms with Crippen LogP contribution < -0.4 is 10.1 Å². The first kappa shape index (κ1) is 16.0. The molecule has 0 aliphatic rings. The predicted molar refractivity (Wildman–Crippen MR) is 89.4 cm³/mol. The zero-order chi connectivity index (χ0) is 15.2. The van der Waals surface area contributed by atoms with Crippen LogP contribution in [0.3, 0.4) is 0 Å². The minimum Gasteiger partial charge on any atom is -0.497 e. The van der Waals surface area contributed by atoms with Gasteiger partial charge in [-0.15, -0.1) is 11.3 Å². The lowest BCUT2D eigenvalue weighted by Gasteiger charge is -2.22. The molecule has 0 amide bonds. The van der Waals surface area contributed by atoms with Crippen molar-refractivity contribution in [3.8, 4) is 5.75 Å². The van der Waals surface area contributed by atoms with Crippen molar-refractivity contribution in [2.45, 2.75) is 39.2 Å². The number of hydrogen-bond acceptors (Lipinski definition) is 4. The second-order valence-corrected chi connectivity index (χ2v) is 6.74. The van der Waals surface area contributed by atoms with Gasteiger partial charge in [-0.25, -0.2) is 4.98 Å². The standard InChI is InChI=1S/C17H24N2OS/c1-12-11-19-17(21-12)9-10-18-14(3)13(2)15-5-7-16(20-4)8-6-15/h5-8,11,13-14,18H,9-10H2,1-4H3/t13-,14-/m1/s1. The van der Waals surface area contributed by atoms with Crippen LogP contribution in [0.2, 0.25) is 0 Å². The highest BCUT2D eigenvalue weighted by Gasteiger charge is 2.14. The van der Waals surface area contributed by atoms with E-state index in [1.165, 1.54) is 15.4 Å². The SMILES string of the molecule is COc1ccc([C@H](C)[C@@H](C)NCCc2ncc(C)s2)cc1. The van der Waals surface area contributed by atoms with Crippen molar-refractivity contribution < 1.29 is 4.74 Å². The van der Waals surface area contributed by atoms with E-state index in [9.17, 15) is 0 Å². The monoisotopic (exact) mass is 304 g/mol. The van der Waals surface area contributed by atoms with Gasteiger partial charge < -0.3 is 10.1 Å². The fourth-order valence-electron chi connectivity index (χ4n) is 2.30. The zero-order valence-corrected chi connectivity index (χ0v) is 14.0. The highest BCUT2D eigenvalue weighted by Crippen LogP contribution is 2.22. The Morgan fingerprint density at radius 1 is 1.24 bits per heavy atom. The van der Waals surface area contributed by atoms with Gasteiger partial charge in [-0.2, -0.15) is 0 Å². The Labute approximate surface area is 131 Å². The van der Waals surface area contributed by atoms with E-state index in [0.717, 1.165) is 18.7 Å². The number of rotatable bonds is 7. The lowest BCUT2D eigenvalue weighted by Crippen LogP contribution is -2.32. The van der Waals surface area contributed by atoms with Crippen LogP contribution in [0, 0.1) is 6.92 Å². The van der Waals surface area contributed by atoms with E-state index in [0.29, 0.717) is 12.0 Å².